The molecule has 0 aliphatic carbocycles. The van der Waals surface area contributed by atoms with Gasteiger partial charge in [0.1, 0.15) is 5.82 Å². The molecule has 0 saturated carbocycles. The van der Waals surface area contributed by atoms with Crippen LogP contribution in [0.4, 0.5) is 10.1 Å². The van der Waals surface area contributed by atoms with E-state index in [2.05, 4.69) is 10.6 Å². The van der Waals surface area contributed by atoms with Gasteiger partial charge in [-0.15, -0.1) is 0 Å². The molecule has 2 aromatic rings. The van der Waals surface area contributed by atoms with Crippen molar-refractivity contribution in [1.29, 1.82) is 0 Å². The molecule has 0 spiro atoms. The number of nitrogens with one attached hydrogen (secondary N) is 2. The number of hydrogen-bond acceptors (Lipinski definition) is 2. The minimum absolute atomic E-state index is 0.0492. The van der Waals surface area contributed by atoms with Crippen LogP contribution in [0.1, 0.15) is 12.0 Å². The van der Waals surface area contributed by atoms with Gasteiger partial charge < -0.3 is 10.6 Å². The Bertz CT molecular complexity index is 664. The van der Waals surface area contributed by atoms with E-state index in [9.17, 15) is 9.18 Å². The zero-order chi connectivity index (χ0) is 15.9. The van der Waals surface area contributed by atoms with E-state index in [0.29, 0.717) is 30.2 Å². The van der Waals surface area contributed by atoms with Crippen molar-refractivity contribution in [2.75, 3.05) is 11.9 Å². The molecule has 3 nitrogen and oxygen atoms in total. The first kappa shape index (κ1) is 16.6. The van der Waals surface area contributed by atoms with Gasteiger partial charge >= 0.3 is 0 Å². The summed E-state index contributed by atoms with van der Waals surface area (Å²) in [6, 6.07) is 11.7. The summed E-state index contributed by atoms with van der Waals surface area (Å²) in [6.07, 6.45) is 0.291. The van der Waals surface area contributed by atoms with Gasteiger partial charge in [-0.25, -0.2) is 4.39 Å². The maximum absolute atomic E-state index is 13.0. The SMILES string of the molecule is O=C(CCNc1ccc(F)c(Cl)c1)NCc1ccccc1Cl. The van der Waals surface area contributed by atoms with E-state index in [1.807, 2.05) is 18.2 Å². The second-order valence-corrected chi connectivity index (χ2v) is 5.49. The second-order valence-electron chi connectivity index (χ2n) is 4.67. The molecule has 2 aromatic carbocycles. The number of anilines is 1. The molecule has 0 fully saturated rings. The van der Waals surface area contributed by atoms with Crippen molar-refractivity contribution in [3.8, 4) is 0 Å². The van der Waals surface area contributed by atoms with Gasteiger partial charge in [-0.05, 0) is 29.8 Å². The lowest BCUT2D eigenvalue weighted by Gasteiger charge is -2.09. The standard InChI is InChI=1S/C16H15Cl2FN2O/c17-13-4-2-1-3-11(13)10-21-16(22)7-8-20-12-5-6-15(19)14(18)9-12/h1-6,9,20H,7-8,10H2,(H,21,22). The highest BCUT2D eigenvalue weighted by Crippen LogP contribution is 2.19. The molecule has 22 heavy (non-hydrogen) atoms. The molecule has 2 rings (SSSR count). The summed E-state index contributed by atoms with van der Waals surface area (Å²) in [4.78, 5) is 11.8. The fourth-order valence-corrected chi connectivity index (χ4v) is 2.23. The number of benzene rings is 2. The predicted molar refractivity (Wildman–Crippen MR) is 87.8 cm³/mol. The monoisotopic (exact) mass is 340 g/mol. The normalized spacial score (nSPS) is 10.3. The van der Waals surface area contributed by atoms with Gasteiger partial charge in [-0.2, -0.15) is 0 Å². The van der Waals surface area contributed by atoms with Gasteiger partial charge in [-0.3, -0.25) is 4.79 Å². The average molecular weight is 341 g/mol. The highest BCUT2D eigenvalue weighted by atomic mass is 35.5. The molecule has 0 heterocycles. The fraction of sp³-hybridized carbons (Fsp3) is 0.188. The molecule has 0 aliphatic heterocycles. The van der Waals surface area contributed by atoms with E-state index in [1.54, 1.807) is 12.1 Å². The molecule has 116 valence electrons. The lowest BCUT2D eigenvalue weighted by Crippen LogP contribution is -2.25. The van der Waals surface area contributed by atoms with Crippen LogP contribution < -0.4 is 10.6 Å². The van der Waals surface area contributed by atoms with E-state index in [1.165, 1.54) is 12.1 Å². The maximum atomic E-state index is 13.0. The highest BCUT2D eigenvalue weighted by molar-refractivity contribution is 6.31. The summed E-state index contributed by atoms with van der Waals surface area (Å²) >= 11 is 11.7. The molecule has 1 amide bonds. The van der Waals surface area contributed by atoms with E-state index < -0.39 is 5.82 Å². The topological polar surface area (TPSA) is 41.1 Å². The van der Waals surface area contributed by atoms with Crippen molar-refractivity contribution >= 4 is 34.8 Å². The van der Waals surface area contributed by atoms with Gasteiger partial charge in [0.05, 0.1) is 5.02 Å². The number of carbonyl (C=O) groups is 1. The fourth-order valence-electron chi connectivity index (χ4n) is 1.85. The average Bonchev–Trinajstić information content (AvgIpc) is 2.50. The van der Waals surface area contributed by atoms with Crippen molar-refractivity contribution in [2.45, 2.75) is 13.0 Å². The van der Waals surface area contributed by atoms with Crippen LogP contribution in [0.5, 0.6) is 0 Å². The number of carbonyl (C=O) groups excluding carboxylic acids is 1. The smallest absolute Gasteiger partial charge is 0.222 e. The molecule has 0 atom stereocenters. The summed E-state index contributed by atoms with van der Waals surface area (Å²) in [5, 5.41) is 6.49. The largest absolute Gasteiger partial charge is 0.384 e. The summed E-state index contributed by atoms with van der Waals surface area (Å²) in [7, 11) is 0. The van der Waals surface area contributed by atoms with Gasteiger partial charge in [0.15, 0.2) is 0 Å². The molecular formula is C16H15Cl2FN2O. The van der Waals surface area contributed by atoms with Crippen LogP contribution in [0.15, 0.2) is 42.5 Å². The maximum Gasteiger partial charge on any atom is 0.222 e. The zero-order valence-electron chi connectivity index (χ0n) is 11.7. The molecule has 0 aromatic heterocycles. The van der Waals surface area contributed by atoms with E-state index in [0.717, 1.165) is 5.56 Å². The molecule has 0 saturated heterocycles. The zero-order valence-corrected chi connectivity index (χ0v) is 13.2. The lowest BCUT2D eigenvalue weighted by atomic mass is 10.2. The summed E-state index contributed by atoms with van der Waals surface area (Å²) in [6.45, 7) is 0.817. The van der Waals surface area contributed by atoms with Crippen LogP contribution in [0.3, 0.4) is 0 Å². The van der Waals surface area contributed by atoms with Crippen LogP contribution >= 0.6 is 23.2 Å². The van der Waals surface area contributed by atoms with Crippen LogP contribution in [0, 0.1) is 5.82 Å². The third kappa shape index (κ3) is 4.90. The number of hydrogen-bond donors (Lipinski definition) is 2. The summed E-state index contributed by atoms with van der Waals surface area (Å²) < 4.78 is 13.0. The quantitative estimate of drug-likeness (QED) is 0.825. The predicted octanol–water partition coefficient (Wildman–Crippen LogP) is 4.25. The second kappa shape index (κ2) is 8.01. The Morgan fingerprint density at radius 1 is 1.09 bits per heavy atom. The van der Waals surface area contributed by atoms with Crippen molar-refractivity contribution in [2.24, 2.45) is 0 Å². The Kier molecular flexibility index (Phi) is 6.04. The van der Waals surface area contributed by atoms with Crippen molar-refractivity contribution < 1.29 is 9.18 Å². The van der Waals surface area contributed by atoms with Crippen LogP contribution in [0.25, 0.3) is 0 Å². The molecule has 2 N–H and O–H groups in total. The Balaban J connectivity index is 1.74. The number of halogens is 3. The van der Waals surface area contributed by atoms with Crippen LogP contribution in [-0.2, 0) is 11.3 Å². The highest BCUT2D eigenvalue weighted by Gasteiger charge is 2.04. The van der Waals surface area contributed by atoms with E-state index >= 15 is 0 Å². The summed E-state index contributed by atoms with van der Waals surface area (Å²) in [5.74, 6) is -0.565. The first-order chi connectivity index (χ1) is 10.6. The minimum Gasteiger partial charge on any atom is -0.384 e. The Morgan fingerprint density at radius 2 is 1.86 bits per heavy atom. The van der Waals surface area contributed by atoms with E-state index in [4.69, 9.17) is 23.2 Å². The Morgan fingerprint density at radius 3 is 2.59 bits per heavy atom. The molecule has 0 aliphatic rings. The Hall–Kier alpha value is -1.78. The van der Waals surface area contributed by atoms with Crippen LogP contribution in [-0.4, -0.2) is 12.5 Å². The molecular weight excluding hydrogens is 326 g/mol. The van der Waals surface area contributed by atoms with Gasteiger partial charge in [0.2, 0.25) is 5.91 Å². The minimum atomic E-state index is -0.468. The van der Waals surface area contributed by atoms with Gasteiger partial charge in [-0.1, -0.05) is 41.4 Å². The molecule has 0 bridgehead atoms. The third-order valence-corrected chi connectivity index (χ3v) is 3.69. The molecule has 0 unspecified atom stereocenters. The van der Waals surface area contributed by atoms with Gasteiger partial charge in [0, 0.05) is 30.2 Å². The van der Waals surface area contributed by atoms with Crippen molar-refractivity contribution in [3.63, 3.8) is 0 Å². The summed E-state index contributed by atoms with van der Waals surface area (Å²) in [5.41, 5.74) is 1.54. The first-order valence-electron chi connectivity index (χ1n) is 6.75. The number of rotatable bonds is 6. The van der Waals surface area contributed by atoms with E-state index in [-0.39, 0.29) is 10.9 Å². The van der Waals surface area contributed by atoms with Crippen molar-refractivity contribution in [3.05, 3.63) is 63.9 Å². The first-order valence-corrected chi connectivity index (χ1v) is 7.51. The van der Waals surface area contributed by atoms with Gasteiger partial charge in [0.25, 0.3) is 0 Å². The molecule has 6 heteroatoms. The third-order valence-electron chi connectivity index (χ3n) is 3.03. The number of amides is 1. The Labute approximate surface area is 138 Å². The lowest BCUT2D eigenvalue weighted by molar-refractivity contribution is -0.121. The molecule has 0 radical (unpaired) electrons. The van der Waals surface area contributed by atoms with Crippen molar-refractivity contribution in [1.82, 2.24) is 5.32 Å². The van der Waals surface area contributed by atoms with Crippen LogP contribution in [0.2, 0.25) is 10.0 Å².